The van der Waals surface area contributed by atoms with E-state index >= 15 is 0 Å². The smallest absolute Gasteiger partial charge is 0.283 e. The lowest BCUT2D eigenvalue weighted by Gasteiger charge is -2.07. The van der Waals surface area contributed by atoms with Crippen LogP contribution in [0.4, 0.5) is 0 Å². The maximum absolute atomic E-state index is 10.9. The van der Waals surface area contributed by atoms with Crippen LogP contribution in [0.25, 0.3) is 0 Å². The van der Waals surface area contributed by atoms with Crippen LogP contribution in [0.1, 0.15) is 11.3 Å². The van der Waals surface area contributed by atoms with Gasteiger partial charge in [0.25, 0.3) is 5.56 Å². The Morgan fingerprint density at radius 1 is 1.45 bits per heavy atom. The first-order chi connectivity index (χ1) is 4.88. The molecule has 5 heteroatoms. The highest BCUT2D eigenvalue weighted by Crippen LogP contribution is 2.06. The van der Waals surface area contributed by atoms with Crippen molar-refractivity contribution in [1.82, 2.24) is 10.5 Å². The maximum atomic E-state index is 10.9. The predicted octanol–water partition coefficient (Wildman–Crippen LogP) is -1.21. The molecule has 4 N–H and O–H groups in total. The summed E-state index contributed by atoms with van der Waals surface area (Å²) >= 11 is 0. The summed E-state index contributed by atoms with van der Waals surface area (Å²) in [6, 6.07) is 0. The van der Waals surface area contributed by atoms with E-state index in [2.05, 4.69) is 10.5 Å². The van der Waals surface area contributed by atoms with E-state index in [4.69, 9.17) is 4.52 Å². The van der Waals surface area contributed by atoms with Gasteiger partial charge in [0.2, 0.25) is 0 Å². The van der Waals surface area contributed by atoms with E-state index in [0.717, 1.165) is 24.3 Å². The van der Waals surface area contributed by atoms with Gasteiger partial charge in [-0.1, -0.05) is 0 Å². The largest absolute Gasteiger partial charge is 0.412 e. The molecule has 0 atom stereocenters. The average Bonchev–Trinajstić information content (AvgIpc) is 2.34. The van der Waals surface area contributed by atoms with Crippen LogP contribution in [-0.4, -0.2) is 17.2 Å². The van der Waals surface area contributed by atoms with Gasteiger partial charge in [-0.2, -0.15) is 5.16 Å². The SMILES string of the molecule is O.O=c1[nH]oc2c1CCNC2. The summed E-state index contributed by atoms with van der Waals surface area (Å²) in [5, 5.41) is 5.41. The molecule has 0 unspecified atom stereocenters. The van der Waals surface area contributed by atoms with E-state index in [-0.39, 0.29) is 11.0 Å². The van der Waals surface area contributed by atoms with Crippen LogP contribution >= 0.6 is 0 Å². The fourth-order valence-electron chi connectivity index (χ4n) is 1.17. The molecule has 2 heterocycles. The lowest BCUT2D eigenvalue weighted by atomic mass is 10.1. The normalized spacial score (nSPS) is 15.3. The van der Waals surface area contributed by atoms with Gasteiger partial charge in [-0.3, -0.25) is 4.79 Å². The number of hydrogen-bond acceptors (Lipinski definition) is 3. The van der Waals surface area contributed by atoms with Crippen LogP contribution in [0.5, 0.6) is 0 Å². The molecule has 1 aromatic heterocycles. The highest BCUT2D eigenvalue weighted by molar-refractivity contribution is 5.16. The maximum Gasteiger partial charge on any atom is 0.283 e. The summed E-state index contributed by atoms with van der Waals surface area (Å²) < 4.78 is 4.89. The van der Waals surface area contributed by atoms with Crippen LogP contribution in [0.2, 0.25) is 0 Å². The summed E-state index contributed by atoms with van der Waals surface area (Å²) in [5.74, 6) is 0.760. The molecule has 0 saturated carbocycles. The Morgan fingerprint density at radius 2 is 2.27 bits per heavy atom. The molecule has 0 saturated heterocycles. The van der Waals surface area contributed by atoms with Crippen molar-refractivity contribution in [3.63, 3.8) is 0 Å². The van der Waals surface area contributed by atoms with Crippen LogP contribution in [0.15, 0.2) is 9.32 Å². The number of aromatic amines is 1. The van der Waals surface area contributed by atoms with E-state index < -0.39 is 0 Å². The molecule has 0 aliphatic carbocycles. The predicted molar refractivity (Wildman–Crippen MR) is 38.4 cm³/mol. The van der Waals surface area contributed by atoms with Crippen LogP contribution in [0.3, 0.4) is 0 Å². The summed E-state index contributed by atoms with van der Waals surface area (Å²) in [7, 11) is 0. The van der Waals surface area contributed by atoms with Gasteiger partial charge in [0.15, 0.2) is 5.76 Å². The van der Waals surface area contributed by atoms with Gasteiger partial charge in [-0.25, -0.2) is 0 Å². The van der Waals surface area contributed by atoms with Crippen molar-refractivity contribution < 1.29 is 10.00 Å². The molecule has 0 spiro atoms. The molecule has 5 nitrogen and oxygen atoms in total. The summed E-state index contributed by atoms with van der Waals surface area (Å²) in [6.45, 7) is 1.55. The van der Waals surface area contributed by atoms with Crippen molar-refractivity contribution in [2.24, 2.45) is 0 Å². The Balaban J connectivity index is 0.000000605. The molecule has 0 fully saturated rings. The standard InChI is InChI=1S/C6H8N2O2.H2O/c9-6-4-1-2-7-3-5(4)10-8-6;/h7H,1-3H2,(H,8,9);1H2. The number of nitrogens with one attached hydrogen (secondary N) is 2. The lowest BCUT2D eigenvalue weighted by molar-refractivity contribution is 0.362. The molecule has 0 aromatic carbocycles. The zero-order valence-corrected chi connectivity index (χ0v) is 5.94. The van der Waals surface area contributed by atoms with Crippen LogP contribution in [-0.2, 0) is 13.0 Å². The minimum atomic E-state index is -0.0727. The Bertz CT molecular complexity index is 288. The zero-order chi connectivity index (χ0) is 6.97. The highest BCUT2D eigenvalue weighted by atomic mass is 16.5. The van der Waals surface area contributed by atoms with Crippen molar-refractivity contribution >= 4 is 0 Å². The fourth-order valence-corrected chi connectivity index (χ4v) is 1.17. The topological polar surface area (TPSA) is 89.5 Å². The molecule has 0 bridgehead atoms. The minimum absolute atomic E-state index is 0. The van der Waals surface area contributed by atoms with Gasteiger partial charge >= 0.3 is 0 Å². The van der Waals surface area contributed by atoms with Gasteiger partial charge in [0, 0.05) is 0 Å². The van der Waals surface area contributed by atoms with Crippen LogP contribution in [0, 0.1) is 0 Å². The molecule has 1 aliphatic heterocycles. The molecule has 2 rings (SSSR count). The van der Waals surface area contributed by atoms with Gasteiger partial charge in [-0.15, -0.1) is 0 Å². The van der Waals surface area contributed by atoms with Crippen molar-refractivity contribution in [3.05, 3.63) is 21.7 Å². The Hall–Kier alpha value is -1.07. The van der Waals surface area contributed by atoms with Gasteiger partial charge in [0.1, 0.15) is 0 Å². The van der Waals surface area contributed by atoms with Crippen molar-refractivity contribution in [2.45, 2.75) is 13.0 Å². The molecule has 1 aromatic rings. The van der Waals surface area contributed by atoms with E-state index in [0.29, 0.717) is 6.54 Å². The van der Waals surface area contributed by atoms with E-state index in [1.165, 1.54) is 0 Å². The molecular weight excluding hydrogens is 148 g/mol. The third-order valence-corrected chi connectivity index (χ3v) is 1.71. The summed E-state index contributed by atoms with van der Waals surface area (Å²) in [6.07, 6.45) is 0.779. The van der Waals surface area contributed by atoms with Crippen molar-refractivity contribution in [2.75, 3.05) is 6.54 Å². The quantitative estimate of drug-likeness (QED) is 0.496. The van der Waals surface area contributed by atoms with Crippen molar-refractivity contribution in [3.8, 4) is 0 Å². The number of fused-ring (bicyclic) bond motifs is 1. The number of aromatic nitrogens is 1. The summed E-state index contributed by atoms with van der Waals surface area (Å²) in [4.78, 5) is 10.9. The summed E-state index contributed by atoms with van der Waals surface area (Å²) in [5.41, 5.74) is 0.732. The van der Waals surface area contributed by atoms with Gasteiger partial charge < -0.3 is 15.3 Å². The Kier molecular flexibility index (Phi) is 2.11. The highest BCUT2D eigenvalue weighted by Gasteiger charge is 2.15. The zero-order valence-electron chi connectivity index (χ0n) is 5.94. The number of rotatable bonds is 0. The van der Waals surface area contributed by atoms with Gasteiger partial charge in [-0.05, 0) is 13.0 Å². The third-order valence-electron chi connectivity index (χ3n) is 1.71. The lowest BCUT2D eigenvalue weighted by Crippen LogP contribution is -2.25. The second-order valence-corrected chi connectivity index (χ2v) is 2.36. The van der Waals surface area contributed by atoms with Gasteiger partial charge in [0.05, 0.1) is 12.1 Å². The second kappa shape index (κ2) is 2.89. The number of hydrogen-bond donors (Lipinski definition) is 2. The molecule has 62 valence electrons. The Labute approximate surface area is 62.7 Å². The first-order valence-electron chi connectivity index (χ1n) is 3.28. The van der Waals surface area contributed by atoms with E-state index in [1.54, 1.807) is 0 Å². The Morgan fingerprint density at radius 3 is 3.00 bits per heavy atom. The molecule has 11 heavy (non-hydrogen) atoms. The molecular formula is C6H10N2O3. The fraction of sp³-hybridized carbons (Fsp3) is 0.500. The monoisotopic (exact) mass is 158 g/mol. The van der Waals surface area contributed by atoms with E-state index in [9.17, 15) is 4.79 Å². The second-order valence-electron chi connectivity index (χ2n) is 2.36. The number of H-pyrrole nitrogens is 1. The molecule has 1 aliphatic rings. The average molecular weight is 158 g/mol. The third kappa shape index (κ3) is 1.20. The molecule has 0 radical (unpaired) electrons. The van der Waals surface area contributed by atoms with Crippen molar-refractivity contribution in [1.29, 1.82) is 0 Å². The van der Waals surface area contributed by atoms with Crippen LogP contribution < -0.4 is 10.9 Å². The first-order valence-corrected chi connectivity index (χ1v) is 3.28. The minimum Gasteiger partial charge on any atom is -0.412 e. The molecule has 0 amide bonds. The first kappa shape index (κ1) is 8.03. The van der Waals surface area contributed by atoms with E-state index in [1.807, 2.05) is 0 Å².